The maximum atomic E-state index is 5.44. The largest absolute Gasteiger partial charge is 0.497 e. The zero-order valence-corrected chi connectivity index (χ0v) is 17.4. The summed E-state index contributed by atoms with van der Waals surface area (Å²) >= 11 is 0. The van der Waals surface area contributed by atoms with Gasteiger partial charge in [-0.05, 0) is 36.6 Å². The second-order valence-electron chi connectivity index (χ2n) is 7.51. The molecule has 0 saturated carbocycles. The van der Waals surface area contributed by atoms with Gasteiger partial charge in [0.05, 0.1) is 38.4 Å². The van der Waals surface area contributed by atoms with E-state index < -0.39 is 0 Å². The molecule has 0 aliphatic carbocycles. The molecule has 0 bridgehead atoms. The van der Waals surface area contributed by atoms with Gasteiger partial charge in [-0.2, -0.15) is 5.10 Å². The standard InChI is InChI=1S/C23H24N6O2/c1-30-18-5-2-16(3-6-18)4-7-20-19-12-17(13-25-23(19)28-27-20)21-14-24-15-22(26-21)29-8-10-31-11-9-29/h2-3,5-6,12-15H,4,7-11H2,1H3,(H,25,27,28). The van der Waals surface area contributed by atoms with Gasteiger partial charge < -0.3 is 14.4 Å². The third-order valence-corrected chi connectivity index (χ3v) is 5.56. The molecule has 3 aromatic heterocycles. The van der Waals surface area contributed by atoms with Crippen molar-refractivity contribution in [3.8, 4) is 17.0 Å². The average Bonchev–Trinajstić information content (AvgIpc) is 3.26. The Bertz CT molecular complexity index is 1170. The number of pyridine rings is 1. The van der Waals surface area contributed by atoms with Crippen molar-refractivity contribution < 1.29 is 9.47 Å². The van der Waals surface area contributed by atoms with Crippen LogP contribution in [0.4, 0.5) is 5.82 Å². The molecule has 1 fully saturated rings. The molecule has 0 spiro atoms. The minimum Gasteiger partial charge on any atom is -0.497 e. The van der Waals surface area contributed by atoms with Crippen molar-refractivity contribution in [3.05, 3.63) is 60.2 Å². The van der Waals surface area contributed by atoms with Crippen molar-refractivity contribution >= 4 is 16.9 Å². The lowest BCUT2D eigenvalue weighted by molar-refractivity contribution is 0.122. The van der Waals surface area contributed by atoms with E-state index in [1.165, 1.54) is 5.56 Å². The second-order valence-corrected chi connectivity index (χ2v) is 7.51. The number of hydrogen-bond donors (Lipinski definition) is 1. The number of nitrogens with one attached hydrogen (secondary N) is 1. The van der Waals surface area contributed by atoms with E-state index in [1.54, 1.807) is 19.5 Å². The van der Waals surface area contributed by atoms with Crippen LogP contribution in [0.3, 0.4) is 0 Å². The summed E-state index contributed by atoms with van der Waals surface area (Å²) in [6.07, 6.45) is 7.14. The molecule has 5 rings (SSSR count). The zero-order chi connectivity index (χ0) is 21.0. The number of ether oxygens (including phenoxy) is 2. The molecule has 31 heavy (non-hydrogen) atoms. The highest BCUT2D eigenvalue weighted by Crippen LogP contribution is 2.25. The molecule has 8 heteroatoms. The molecule has 4 heterocycles. The minimum absolute atomic E-state index is 0.714. The third kappa shape index (κ3) is 4.20. The van der Waals surface area contributed by atoms with Crippen molar-refractivity contribution in [2.45, 2.75) is 12.8 Å². The molecule has 8 nitrogen and oxygen atoms in total. The van der Waals surface area contributed by atoms with E-state index in [1.807, 2.05) is 18.3 Å². The highest BCUT2D eigenvalue weighted by Gasteiger charge is 2.15. The van der Waals surface area contributed by atoms with Gasteiger partial charge in [0.25, 0.3) is 0 Å². The summed E-state index contributed by atoms with van der Waals surface area (Å²) in [4.78, 5) is 16.0. The van der Waals surface area contributed by atoms with E-state index in [0.717, 1.165) is 59.8 Å². The Morgan fingerprint density at radius 1 is 1.06 bits per heavy atom. The van der Waals surface area contributed by atoms with Gasteiger partial charge in [0, 0.05) is 35.9 Å². The number of morpholine rings is 1. The number of nitrogens with zero attached hydrogens (tertiary/aromatic N) is 5. The van der Waals surface area contributed by atoms with E-state index >= 15 is 0 Å². The summed E-state index contributed by atoms with van der Waals surface area (Å²) in [6, 6.07) is 10.3. The van der Waals surface area contributed by atoms with Crippen LogP contribution in [-0.2, 0) is 17.6 Å². The first-order valence-electron chi connectivity index (χ1n) is 10.4. The Morgan fingerprint density at radius 3 is 2.71 bits per heavy atom. The van der Waals surface area contributed by atoms with Crippen LogP contribution in [0.25, 0.3) is 22.3 Å². The van der Waals surface area contributed by atoms with Crippen LogP contribution in [0.2, 0.25) is 0 Å². The van der Waals surface area contributed by atoms with Gasteiger partial charge >= 0.3 is 0 Å². The molecule has 0 radical (unpaired) electrons. The summed E-state index contributed by atoms with van der Waals surface area (Å²) in [5.41, 5.74) is 4.77. The van der Waals surface area contributed by atoms with Gasteiger partial charge in [0.2, 0.25) is 0 Å². The Balaban J connectivity index is 1.38. The minimum atomic E-state index is 0.714. The molecule has 0 unspecified atom stereocenters. The predicted molar refractivity (Wildman–Crippen MR) is 118 cm³/mol. The Labute approximate surface area is 180 Å². The summed E-state index contributed by atoms with van der Waals surface area (Å²) in [7, 11) is 1.68. The van der Waals surface area contributed by atoms with E-state index in [4.69, 9.17) is 14.5 Å². The summed E-state index contributed by atoms with van der Waals surface area (Å²) in [6.45, 7) is 3.08. The first kappa shape index (κ1) is 19.4. The third-order valence-electron chi connectivity index (χ3n) is 5.56. The van der Waals surface area contributed by atoms with Crippen LogP contribution in [0.15, 0.2) is 48.9 Å². The van der Waals surface area contributed by atoms with Gasteiger partial charge in [-0.15, -0.1) is 0 Å². The Morgan fingerprint density at radius 2 is 1.90 bits per heavy atom. The summed E-state index contributed by atoms with van der Waals surface area (Å²) in [5, 5.41) is 8.54. The van der Waals surface area contributed by atoms with Crippen LogP contribution in [-0.4, -0.2) is 58.6 Å². The van der Waals surface area contributed by atoms with Crippen LogP contribution < -0.4 is 9.64 Å². The molecule has 1 aliphatic heterocycles. The van der Waals surface area contributed by atoms with Crippen molar-refractivity contribution in [2.75, 3.05) is 38.3 Å². The number of benzene rings is 1. The molecular formula is C23H24N6O2. The summed E-state index contributed by atoms with van der Waals surface area (Å²) in [5.74, 6) is 1.73. The number of hydrogen-bond acceptors (Lipinski definition) is 7. The number of aromatic nitrogens is 5. The molecule has 1 aromatic carbocycles. The quantitative estimate of drug-likeness (QED) is 0.517. The monoisotopic (exact) mass is 416 g/mol. The van der Waals surface area contributed by atoms with Crippen molar-refractivity contribution in [2.24, 2.45) is 0 Å². The molecule has 1 saturated heterocycles. The zero-order valence-electron chi connectivity index (χ0n) is 17.4. The highest BCUT2D eigenvalue weighted by atomic mass is 16.5. The highest BCUT2D eigenvalue weighted by molar-refractivity contribution is 5.82. The molecule has 4 aromatic rings. The molecule has 158 valence electrons. The van der Waals surface area contributed by atoms with Gasteiger partial charge in [-0.25, -0.2) is 9.97 Å². The average molecular weight is 416 g/mol. The topological polar surface area (TPSA) is 89.0 Å². The van der Waals surface area contributed by atoms with Crippen molar-refractivity contribution in [1.82, 2.24) is 25.1 Å². The first-order valence-corrected chi connectivity index (χ1v) is 10.4. The van der Waals surface area contributed by atoms with Crippen LogP contribution >= 0.6 is 0 Å². The SMILES string of the molecule is COc1ccc(CCc2[nH]nc3ncc(-c4cncc(N5CCOCC5)n4)cc23)cc1. The number of fused-ring (bicyclic) bond motifs is 1. The predicted octanol–water partition coefficient (Wildman–Crippen LogP) is 3.05. The number of aromatic amines is 1. The number of aryl methyl sites for hydroxylation is 2. The number of rotatable bonds is 6. The lowest BCUT2D eigenvalue weighted by atomic mass is 10.1. The Hall–Kier alpha value is -3.52. The fourth-order valence-electron chi connectivity index (χ4n) is 3.78. The summed E-state index contributed by atoms with van der Waals surface area (Å²) < 4.78 is 10.7. The fourth-order valence-corrected chi connectivity index (χ4v) is 3.78. The van der Waals surface area contributed by atoms with Gasteiger partial charge in [-0.3, -0.25) is 10.1 Å². The smallest absolute Gasteiger partial charge is 0.181 e. The fraction of sp³-hybridized carbons (Fsp3) is 0.304. The first-order chi connectivity index (χ1) is 15.3. The van der Waals surface area contributed by atoms with E-state index in [2.05, 4.69) is 43.3 Å². The number of anilines is 1. The van der Waals surface area contributed by atoms with Crippen LogP contribution in [0.5, 0.6) is 5.75 Å². The molecule has 0 amide bonds. The van der Waals surface area contributed by atoms with E-state index in [0.29, 0.717) is 18.9 Å². The van der Waals surface area contributed by atoms with Gasteiger partial charge in [0.1, 0.15) is 11.6 Å². The lowest BCUT2D eigenvalue weighted by Gasteiger charge is -2.27. The second kappa shape index (κ2) is 8.69. The van der Waals surface area contributed by atoms with E-state index in [9.17, 15) is 0 Å². The molecule has 1 N–H and O–H groups in total. The van der Waals surface area contributed by atoms with Crippen LogP contribution in [0.1, 0.15) is 11.3 Å². The molecule has 0 atom stereocenters. The maximum absolute atomic E-state index is 5.44. The van der Waals surface area contributed by atoms with E-state index in [-0.39, 0.29) is 0 Å². The Kier molecular flexibility index (Phi) is 5.45. The molecular weight excluding hydrogens is 392 g/mol. The maximum Gasteiger partial charge on any atom is 0.181 e. The number of H-pyrrole nitrogens is 1. The van der Waals surface area contributed by atoms with Gasteiger partial charge in [-0.1, -0.05) is 12.1 Å². The normalized spacial score (nSPS) is 14.2. The van der Waals surface area contributed by atoms with Gasteiger partial charge in [0.15, 0.2) is 5.65 Å². The molecule has 1 aliphatic rings. The lowest BCUT2D eigenvalue weighted by Crippen LogP contribution is -2.36. The van der Waals surface area contributed by atoms with Crippen molar-refractivity contribution in [1.29, 1.82) is 0 Å². The van der Waals surface area contributed by atoms with Crippen LogP contribution in [0, 0.1) is 0 Å². The van der Waals surface area contributed by atoms with Crippen molar-refractivity contribution in [3.63, 3.8) is 0 Å². The number of methoxy groups -OCH3 is 1.